The van der Waals surface area contributed by atoms with Crippen LogP contribution in [-0.2, 0) is 16.0 Å². The van der Waals surface area contributed by atoms with Crippen LogP contribution in [0.3, 0.4) is 0 Å². The Labute approximate surface area is 111 Å². The van der Waals surface area contributed by atoms with Crippen LogP contribution in [0.15, 0.2) is 12.7 Å². The molecule has 0 radical (unpaired) electrons. The molecule has 7 heteroatoms. The van der Waals surface area contributed by atoms with E-state index in [0.29, 0.717) is 6.61 Å². The molecular weight excluding hydrogens is 246 g/mol. The van der Waals surface area contributed by atoms with Gasteiger partial charge in [0, 0.05) is 26.7 Å². The lowest BCUT2D eigenvalue weighted by atomic mass is 10.4. The van der Waals surface area contributed by atoms with E-state index in [9.17, 15) is 0 Å². The Bertz CT molecular complexity index is 550. The van der Waals surface area contributed by atoms with Crippen molar-refractivity contribution in [2.75, 3.05) is 44.9 Å². The molecule has 1 aliphatic heterocycles. The van der Waals surface area contributed by atoms with Gasteiger partial charge in [-0.05, 0) is 0 Å². The molecule has 0 spiro atoms. The van der Waals surface area contributed by atoms with E-state index in [2.05, 4.69) is 19.9 Å². The van der Waals surface area contributed by atoms with E-state index < -0.39 is 0 Å². The van der Waals surface area contributed by atoms with Crippen LogP contribution >= 0.6 is 0 Å². The van der Waals surface area contributed by atoms with Crippen LogP contribution in [0.5, 0.6) is 0 Å². The Hall–Kier alpha value is -1.73. The Morgan fingerprint density at radius 1 is 1.26 bits per heavy atom. The molecule has 1 saturated heterocycles. The van der Waals surface area contributed by atoms with Crippen molar-refractivity contribution in [1.29, 1.82) is 0 Å². The van der Waals surface area contributed by atoms with Crippen molar-refractivity contribution in [2.24, 2.45) is 0 Å². The van der Waals surface area contributed by atoms with Gasteiger partial charge >= 0.3 is 0 Å². The number of anilines is 1. The third-order valence-electron chi connectivity index (χ3n) is 3.23. The minimum atomic E-state index is 0.641. The zero-order chi connectivity index (χ0) is 13.1. The lowest BCUT2D eigenvalue weighted by Crippen LogP contribution is -2.36. The fraction of sp³-hybridized carbons (Fsp3) is 0.583. The lowest BCUT2D eigenvalue weighted by molar-refractivity contribution is 0.122. The summed E-state index contributed by atoms with van der Waals surface area (Å²) in [5.74, 6) is 0.893. The van der Waals surface area contributed by atoms with Gasteiger partial charge in [0.15, 0.2) is 17.0 Å². The lowest BCUT2D eigenvalue weighted by Gasteiger charge is -2.27. The zero-order valence-electron chi connectivity index (χ0n) is 10.9. The first-order valence-corrected chi connectivity index (χ1v) is 6.37. The summed E-state index contributed by atoms with van der Waals surface area (Å²) in [6.07, 6.45) is 3.39. The maximum absolute atomic E-state index is 5.36. The highest BCUT2D eigenvalue weighted by molar-refractivity contribution is 5.83. The molecule has 102 valence electrons. The van der Waals surface area contributed by atoms with E-state index >= 15 is 0 Å². The normalized spacial score (nSPS) is 16.2. The SMILES string of the molecule is COCCn1cnc2c(N3CCOCC3)ncnc21. The second-order valence-electron chi connectivity index (χ2n) is 4.40. The summed E-state index contributed by atoms with van der Waals surface area (Å²) in [5.41, 5.74) is 1.70. The molecule has 0 aliphatic carbocycles. The van der Waals surface area contributed by atoms with Crippen LogP contribution in [0.1, 0.15) is 0 Å². The zero-order valence-corrected chi connectivity index (χ0v) is 10.9. The molecule has 0 bridgehead atoms. The summed E-state index contributed by atoms with van der Waals surface area (Å²) >= 11 is 0. The summed E-state index contributed by atoms with van der Waals surface area (Å²) < 4.78 is 12.4. The Morgan fingerprint density at radius 3 is 2.89 bits per heavy atom. The van der Waals surface area contributed by atoms with Gasteiger partial charge in [0.2, 0.25) is 0 Å². The van der Waals surface area contributed by atoms with Crippen molar-refractivity contribution >= 4 is 17.0 Å². The number of imidazole rings is 1. The molecule has 2 aromatic heterocycles. The van der Waals surface area contributed by atoms with E-state index in [4.69, 9.17) is 9.47 Å². The van der Waals surface area contributed by atoms with Crippen molar-refractivity contribution in [3.8, 4) is 0 Å². The van der Waals surface area contributed by atoms with Gasteiger partial charge in [0.05, 0.1) is 26.1 Å². The minimum absolute atomic E-state index is 0.641. The number of ether oxygens (including phenoxy) is 2. The van der Waals surface area contributed by atoms with E-state index in [1.165, 1.54) is 0 Å². The van der Waals surface area contributed by atoms with Gasteiger partial charge in [0.1, 0.15) is 6.33 Å². The van der Waals surface area contributed by atoms with Gasteiger partial charge in [-0.1, -0.05) is 0 Å². The average molecular weight is 263 g/mol. The van der Waals surface area contributed by atoms with Gasteiger partial charge < -0.3 is 18.9 Å². The molecule has 0 N–H and O–H groups in total. The van der Waals surface area contributed by atoms with Crippen molar-refractivity contribution in [3.05, 3.63) is 12.7 Å². The molecule has 0 atom stereocenters. The van der Waals surface area contributed by atoms with E-state index in [0.717, 1.165) is 49.8 Å². The molecule has 7 nitrogen and oxygen atoms in total. The summed E-state index contributed by atoms with van der Waals surface area (Å²) in [6, 6.07) is 0. The fourth-order valence-corrected chi connectivity index (χ4v) is 2.23. The number of rotatable bonds is 4. The first-order chi connectivity index (χ1) is 9.40. The highest BCUT2D eigenvalue weighted by Crippen LogP contribution is 2.21. The predicted molar refractivity (Wildman–Crippen MR) is 70.2 cm³/mol. The quantitative estimate of drug-likeness (QED) is 0.791. The number of aromatic nitrogens is 4. The molecule has 3 rings (SSSR count). The highest BCUT2D eigenvalue weighted by atomic mass is 16.5. The standard InChI is InChI=1S/C12H17N5O2/c1-18-5-2-17-9-15-10-11(13-8-14-12(10)17)16-3-6-19-7-4-16/h8-9H,2-7H2,1H3. The van der Waals surface area contributed by atoms with E-state index in [1.54, 1.807) is 19.8 Å². The molecule has 1 aliphatic rings. The molecular formula is C12H17N5O2. The summed E-state index contributed by atoms with van der Waals surface area (Å²) in [6.45, 7) is 4.54. The third-order valence-corrected chi connectivity index (χ3v) is 3.23. The van der Waals surface area contributed by atoms with Crippen LogP contribution in [0.4, 0.5) is 5.82 Å². The minimum Gasteiger partial charge on any atom is -0.383 e. The van der Waals surface area contributed by atoms with Gasteiger partial charge in [0.25, 0.3) is 0 Å². The molecule has 3 heterocycles. The number of hydrogen-bond donors (Lipinski definition) is 0. The van der Waals surface area contributed by atoms with Crippen LogP contribution < -0.4 is 4.90 Å². The van der Waals surface area contributed by atoms with Crippen molar-refractivity contribution in [2.45, 2.75) is 6.54 Å². The van der Waals surface area contributed by atoms with Gasteiger partial charge in [-0.15, -0.1) is 0 Å². The maximum atomic E-state index is 5.36. The molecule has 19 heavy (non-hydrogen) atoms. The third kappa shape index (κ3) is 2.39. The largest absolute Gasteiger partial charge is 0.383 e. The van der Waals surface area contributed by atoms with E-state index in [-0.39, 0.29) is 0 Å². The molecule has 0 aromatic carbocycles. The topological polar surface area (TPSA) is 65.3 Å². The monoisotopic (exact) mass is 263 g/mol. The van der Waals surface area contributed by atoms with Crippen LogP contribution in [0.2, 0.25) is 0 Å². The number of hydrogen-bond acceptors (Lipinski definition) is 6. The van der Waals surface area contributed by atoms with Crippen molar-refractivity contribution < 1.29 is 9.47 Å². The molecule has 0 saturated carbocycles. The second-order valence-corrected chi connectivity index (χ2v) is 4.40. The summed E-state index contributed by atoms with van der Waals surface area (Å²) in [4.78, 5) is 15.3. The van der Waals surface area contributed by atoms with E-state index in [1.807, 2.05) is 4.57 Å². The maximum Gasteiger partial charge on any atom is 0.165 e. The molecule has 1 fully saturated rings. The van der Waals surface area contributed by atoms with Crippen LogP contribution in [0.25, 0.3) is 11.2 Å². The first kappa shape index (κ1) is 12.3. The Morgan fingerprint density at radius 2 is 2.11 bits per heavy atom. The molecule has 0 unspecified atom stereocenters. The van der Waals surface area contributed by atoms with Crippen molar-refractivity contribution in [3.63, 3.8) is 0 Å². The van der Waals surface area contributed by atoms with Crippen LogP contribution in [0, 0.1) is 0 Å². The highest BCUT2D eigenvalue weighted by Gasteiger charge is 2.18. The number of nitrogens with zero attached hydrogens (tertiary/aromatic N) is 5. The second kappa shape index (κ2) is 5.50. The Balaban J connectivity index is 1.94. The van der Waals surface area contributed by atoms with Crippen LogP contribution in [-0.4, -0.2) is 59.5 Å². The van der Waals surface area contributed by atoms with Gasteiger partial charge in [-0.2, -0.15) is 0 Å². The Kier molecular flexibility index (Phi) is 3.56. The first-order valence-electron chi connectivity index (χ1n) is 6.37. The summed E-state index contributed by atoms with van der Waals surface area (Å²) in [5, 5.41) is 0. The number of morpholine rings is 1. The average Bonchev–Trinajstić information content (AvgIpc) is 2.89. The fourth-order valence-electron chi connectivity index (χ4n) is 2.23. The summed E-state index contributed by atoms with van der Waals surface area (Å²) in [7, 11) is 1.69. The molecule has 0 amide bonds. The smallest absolute Gasteiger partial charge is 0.165 e. The molecule has 2 aromatic rings. The van der Waals surface area contributed by atoms with Gasteiger partial charge in [-0.3, -0.25) is 0 Å². The van der Waals surface area contributed by atoms with Gasteiger partial charge in [-0.25, -0.2) is 15.0 Å². The number of methoxy groups -OCH3 is 1. The predicted octanol–water partition coefficient (Wildman–Crippen LogP) is 0.309. The number of fused-ring (bicyclic) bond motifs is 1. The van der Waals surface area contributed by atoms with Crippen molar-refractivity contribution in [1.82, 2.24) is 19.5 Å².